The lowest BCUT2D eigenvalue weighted by molar-refractivity contribution is -0.139. The summed E-state index contributed by atoms with van der Waals surface area (Å²) in [5.41, 5.74) is 2.36. The minimum absolute atomic E-state index is 0.155. The van der Waals surface area contributed by atoms with Gasteiger partial charge in [-0.3, -0.25) is 0 Å². The van der Waals surface area contributed by atoms with E-state index >= 15 is 0 Å². The molecule has 0 aromatic carbocycles. The van der Waals surface area contributed by atoms with Gasteiger partial charge >= 0.3 is 5.97 Å². The van der Waals surface area contributed by atoms with E-state index in [0.29, 0.717) is 10.7 Å². The summed E-state index contributed by atoms with van der Waals surface area (Å²) in [6.45, 7) is 3.84. The number of imidazole rings is 1. The summed E-state index contributed by atoms with van der Waals surface area (Å²) in [5.74, 6) is -0.356. The lowest BCUT2D eigenvalue weighted by Crippen LogP contribution is -2.01. The Morgan fingerprint density at radius 1 is 1.44 bits per heavy atom. The van der Waals surface area contributed by atoms with Crippen molar-refractivity contribution < 1.29 is 9.53 Å². The lowest BCUT2D eigenvalue weighted by atomic mass is 10.3. The fourth-order valence-corrected chi connectivity index (χ4v) is 1.68. The van der Waals surface area contributed by atoms with Gasteiger partial charge in [0.1, 0.15) is 12.3 Å². The third kappa shape index (κ3) is 3.11. The number of hydrogen-bond donors (Lipinski definition) is 0. The number of hydrogen-bond acceptors (Lipinski definition) is 3. The zero-order chi connectivity index (χ0) is 13.1. The average Bonchev–Trinajstić information content (AvgIpc) is 2.67. The van der Waals surface area contributed by atoms with Gasteiger partial charge in [0.25, 0.3) is 0 Å². The first-order chi connectivity index (χ1) is 8.54. The van der Waals surface area contributed by atoms with Crippen LogP contribution < -0.4 is 0 Å². The first-order valence-electron chi connectivity index (χ1n) is 5.49. The van der Waals surface area contributed by atoms with Crippen molar-refractivity contribution >= 4 is 23.2 Å². The summed E-state index contributed by atoms with van der Waals surface area (Å²) in [7, 11) is 0. The number of rotatable bonds is 3. The SMILES string of the molecule is CC(C)=CC(=O)OCc1cn2cc(Cl)ccc2n1. The quantitative estimate of drug-likeness (QED) is 0.632. The Hall–Kier alpha value is -1.81. The van der Waals surface area contributed by atoms with Crippen LogP contribution in [0.4, 0.5) is 0 Å². The maximum atomic E-state index is 11.3. The Kier molecular flexibility index (Phi) is 3.67. The molecule has 18 heavy (non-hydrogen) atoms. The Labute approximate surface area is 110 Å². The van der Waals surface area contributed by atoms with Crippen LogP contribution in [0.3, 0.4) is 0 Å². The number of esters is 1. The minimum Gasteiger partial charge on any atom is -0.456 e. The highest BCUT2D eigenvalue weighted by molar-refractivity contribution is 6.30. The number of allylic oxidation sites excluding steroid dienone is 1. The van der Waals surface area contributed by atoms with Gasteiger partial charge in [-0.05, 0) is 26.0 Å². The smallest absolute Gasteiger partial charge is 0.331 e. The molecule has 4 nitrogen and oxygen atoms in total. The summed E-state index contributed by atoms with van der Waals surface area (Å²) in [6, 6.07) is 3.58. The van der Waals surface area contributed by atoms with Crippen molar-refractivity contribution in [2.24, 2.45) is 0 Å². The molecular formula is C13H13ClN2O2. The molecule has 0 bridgehead atoms. The molecule has 0 aliphatic rings. The summed E-state index contributed by atoms with van der Waals surface area (Å²) in [4.78, 5) is 15.7. The Morgan fingerprint density at radius 3 is 2.94 bits per heavy atom. The van der Waals surface area contributed by atoms with Crippen LogP contribution in [0.5, 0.6) is 0 Å². The summed E-state index contributed by atoms with van der Waals surface area (Å²) in [6.07, 6.45) is 5.00. The van der Waals surface area contributed by atoms with E-state index < -0.39 is 0 Å². The fraction of sp³-hybridized carbons (Fsp3) is 0.231. The van der Waals surface area contributed by atoms with Gasteiger partial charge in [0.15, 0.2) is 0 Å². The number of carbonyl (C=O) groups is 1. The normalized spacial score (nSPS) is 10.4. The predicted molar refractivity (Wildman–Crippen MR) is 69.4 cm³/mol. The summed E-state index contributed by atoms with van der Waals surface area (Å²) < 4.78 is 6.87. The maximum absolute atomic E-state index is 11.3. The largest absolute Gasteiger partial charge is 0.456 e. The van der Waals surface area contributed by atoms with Gasteiger partial charge in [0.05, 0.1) is 10.7 Å². The molecule has 0 aliphatic carbocycles. The van der Waals surface area contributed by atoms with E-state index in [9.17, 15) is 4.79 Å². The van der Waals surface area contributed by atoms with Gasteiger partial charge in [-0.2, -0.15) is 0 Å². The predicted octanol–water partition coefficient (Wildman–Crippen LogP) is 3.00. The highest BCUT2D eigenvalue weighted by Crippen LogP contribution is 2.12. The third-order valence-electron chi connectivity index (χ3n) is 2.23. The van der Waals surface area contributed by atoms with Crippen molar-refractivity contribution in [2.75, 3.05) is 0 Å². The summed E-state index contributed by atoms with van der Waals surface area (Å²) >= 11 is 5.87. The van der Waals surface area contributed by atoms with E-state index in [1.807, 2.05) is 19.9 Å². The molecule has 0 unspecified atom stereocenters. The molecule has 0 atom stereocenters. The van der Waals surface area contributed by atoms with Gasteiger partial charge in [-0.1, -0.05) is 17.2 Å². The lowest BCUT2D eigenvalue weighted by Gasteiger charge is -1.98. The van der Waals surface area contributed by atoms with Crippen LogP contribution in [-0.2, 0) is 16.1 Å². The first kappa shape index (κ1) is 12.6. The highest BCUT2D eigenvalue weighted by Gasteiger charge is 2.04. The fourth-order valence-electron chi connectivity index (χ4n) is 1.51. The van der Waals surface area contributed by atoms with E-state index in [2.05, 4.69) is 4.98 Å². The van der Waals surface area contributed by atoms with E-state index in [-0.39, 0.29) is 12.6 Å². The summed E-state index contributed by atoms with van der Waals surface area (Å²) in [5, 5.41) is 0.632. The van der Waals surface area contributed by atoms with Crippen molar-refractivity contribution in [1.29, 1.82) is 0 Å². The second kappa shape index (κ2) is 5.23. The molecule has 5 heteroatoms. The minimum atomic E-state index is -0.356. The number of pyridine rings is 1. The number of nitrogens with zero attached hydrogens (tertiary/aromatic N) is 2. The van der Waals surface area contributed by atoms with Gasteiger partial charge in [-0.25, -0.2) is 9.78 Å². The second-order valence-corrected chi connectivity index (χ2v) is 4.61. The average molecular weight is 265 g/mol. The first-order valence-corrected chi connectivity index (χ1v) is 5.87. The molecule has 2 aromatic heterocycles. The van der Waals surface area contributed by atoms with Gasteiger partial charge in [0.2, 0.25) is 0 Å². The molecule has 0 aliphatic heterocycles. The third-order valence-corrected chi connectivity index (χ3v) is 2.46. The monoisotopic (exact) mass is 264 g/mol. The van der Waals surface area contributed by atoms with E-state index in [0.717, 1.165) is 11.2 Å². The van der Waals surface area contributed by atoms with Gasteiger partial charge in [-0.15, -0.1) is 0 Å². The highest BCUT2D eigenvalue weighted by atomic mass is 35.5. The number of aromatic nitrogens is 2. The van der Waals surface area contributed by atoms with Crippen LogP contribution in [0.2, 0.25) is 5.02 Å². The molecule has 0 saturated carbocycles. The molecule has 0 spiro atoms. The number of ether oxygens (including phenoxy) is 1. The topological polar surface area (TPSA) is 43.6 Å². The van der Waals surface area contributed by atoms with Gasteiger partial charge in [0, 0.05) is 18.5 Å². The van der Waals surface area contributed by atoms with E-state index in [4.69, 9.17) is 16.3 Å². The molecule has 2 heterocycles. The zero-order valence-electron chi connectivity index (χ0n) is 10.2. The molecule has 2 rings (SSSR count). The zero-order valence-corrected chi connectivity index (χ0v) is 10.9. The van der Waals surface area contributed by atoms with Crippen LogP contribution in [-0.4, -0.2) is 15.4 Å². The second-order valence-electron chi connectivity index (χ2n) is 4.17. The van der Waals surface area contributed by atoms with Crippen LogP contribution in [0.1, 0.15) is 19.5 Å². The number of halogens is 1. The van der Waals surface area contributed by atoms with Crippen molar-refractivity contribution in [3.63, 3.8) is 0 Å². The molecule has 2 aromatic rings. The van der Waals surface area contributed by atoms with Crippen molar-refractivity contribution in [2.45, 2.75) is 20.5 Å². The van der Waals surface area contributed by atoms with Crippen LogP contribution in [0.25, 0.3) is 5.65 Å². The standard InChI is InChI=1S/C13H13ClN2O2/c1-9(2)5-13(17)18-8-11-7-16-6-10(14)3-4-12(16)15-11/h3-7H,8H2,1-2H3. The Morgan fingerprint density at radius 2 is 2.22 bits per heavy atom. The van der Waals surface area contributed by atoms with Crippen molar-refractivity contribution in [3.05, 3.63) is 46.9 Å². The number of fused-ring (bicyclic) bond motifs is 1. The Balaban J connectivity index is 2.08. The molecule has 0 amide bonds. The van der Waals surface area contributed by atoms with Crippen molar-refractivity contribution in [1.82, 2.24) is 9.38 Å². The molecule has 0 radical (unpaired) electrons. The van der Waals surface area contributed by atoms with Crippen LogP contribution in [0.15, 0.2) is 36.2 Å². The molecule has 94 valence electrons. The van der Waals surface area contributed by atoms with Gasteiger partial charge < -0.3 is 9.14 Å². The molecule has 0 saturated heterocycles. The molecule has 0 fully saturated rings. The van der Waals surface area contributed by atoms with Crippen LogP contribution >= 0.6 is 11.6 Å². The maximum Gasteiger partial charge on any atom is 0.331 e. The number of carbonyl (C=O) groups excluding carboxylic acids is 1. The van der Waals surface area contributed by atoms with E-state index in [1.54, 1.807) is 22.9 Å². The van der Waals surface area contributed by atoms with E-state index in [1.165, 1.54) is 6.08 Å². The molecular weight excluding hydrogens is 252 g/mol. The Bertz CT molecular complexity index is 612. The van der Waals surface area contributed by atoms with Crippen molar-refractivity contribution in [3.8, 4) is 0 Å². The van der Waals surface area contributed by atoms with Crippen LogP contribution in [0, 0.1) is 0 Å². The molecule has 0 N–H and O–H groups in total.